The first kappa shape index (κ1) is 21.6. The summed E-state index contributed by atoms with van der Waals surface area (Å²) in [6, 6.07) is 12.4. The van der Waals surface area contributed by atoms with Gasteiger partial charge in [0.1, 0.15) is 20.2 Å². The van der Waals surface area contributed by atoms with Gasteiger partial charge in [-0.25, -0.2) is 0 Å². The molecule has 1 aliphatic rings. The second-order valence-corrected chi connectivity index (χ2v) is 7.56. The fourth-order valence-corrected chi connectivity index (χ4v) is 3.82. The molecule has 2 N–H and O–H groups in total. The van der Waals surface area contributed by atoms with Crippen molar-refractivity contribution in [3.63, 3.8) is 0 Å². The highest BCUT2D eigenvalue weighted by atomic mass is 16.5. The second kappa shape index (κ2) is 10.1. The van der Waals surface area contributed by atoms with Crippen molar-refractivity contribution in [1.82, 2.24) is 5.32 Å². The lowest BCUT2D eigenvalue weighted by atomic mass is 9.89. The molecule has 0 fully saturated rings. The Morgan fingerprint density at radius 2 is 2.10 bits per heavy atom. The zero-order valence-electron chi connectivity index (χ0n) is 18.0. The van der Waals surface area contributed by atoms with Crippen LogP contribution < -0.4 is 25.7 Å². The van der Waals surface area contributed by atoms with Crippen LogP contribution in [0.2, 0.25) is 0 Å². The molecule has 0 bridgehead atoms. The number of carbonyl (C=O) groups is 1. The number of benzene rings is 2. The summed E-state index contributed by atoms with van der Waals surface area (Å²) in [5.74, 6) is 1.45. The number of carbonyl (C=O) groups excluding carboxylic acids is 1. The van der Waals surface area contributed by atoms with Gasteiger partial charge >= 0.3 is 0 Å². The number of nitrogens with one attached hydrogen (secondary N) is 2. The number of nitrogens with zero attached hydrogens (tertiary/aromatic N) is 1. The Kier molecular flexibility index (Phi) is 7.28. The van der Waals surface area contributed by atoms with Gasteiger partial charge in [-0.15, -0.1) is 0 Å². The van der Waals surface area contributed by atoms with Crippen LogP contribution in [0.5, 0.6) is 5.75 Å². The molecule has 0 aliphatic carbocycles. The summed E-state index contributed by atoms with van der Waals surface area (Å²) < 4.78 is 11.6. The van der Waals surface area contributed by atoms with E-state index in [1.807, 2.05) is 39.2 Å². The number of hydrogen-bond acceptors (Lipinski definition) is 5. The SMILES string of the molecule is Bc1cc2c(cc1OC)CCCC(NC=O)CN2C(=C)OCc1ccc(NC)cc1. The number of amides is 1. The first-order valence-electron chi connectivity index (χ1n) is 10.3. The Labute approximate surface area is 179 Å². The van der Waals surface area contributed by atoms with E-state index >= 15 is 0 Å². The Morgan fingerprint density at radius 3 is 2.77 bits per heavy atom. The van der Waals surface area contributed by atoms with Crippen molar-refractivity contribution in [1.29, 1.82) is 0 Å². The lowest BCUT2D eigenvalue weighted by molar-refractivity contribution is -0.110. The predicted octanol–water partition coefficient (Wildman–Crippen LogP) is 1.94. The molecule has 0 radical (unpaired) electrons. The van der Waals surface area contributed by atoms with Gasteiger partial charge in [0.25, 0.3) is 0 Å². The van der Waals surface area contributed by atoms with Gasteiger partial charge in [0.2, 0.25) is 6.41 Å². The molecule has 6 nitrogen and oxygen atoms in total. The van der Waals surface area contributed by atoms with Crippen molar-refractivity contribution < 1.29 is 14.3 Å². The summed E-state index contributed by atoms with van der Waals surface area (Å²) in [6.45, 7) is 5.24. The molecular weight excluding hydrogens is 377 g/mol. The number of anilines is 2. The molecule has 30 heavy (non-hydrogen) atoms. The molecule has 1 atom stereocenters. The standard InChI is InChI=1S/C23H30BN3O3/c1-16(30-14-17-7-9-19(25-2)10-8-17)27-13-20(26-15-28)6-4-5-18-11-23(29-3)21(24)12-22(18)27/h7-12,15,20,25H,1,4-6,13-14,24H2,2-3H3,(H,26,28). The Morgan fingerprint density at radius 1 is 1.33 bits per heavy atom. The fraction of sp³-hybridized carbons (Fsp3) is 0.348. The van der Waals surface area contributed by atoms with Crippen LogP contribution in [-0.2, 0) is 22.6 Å². The zero-order chi connectivity index (χ0) is 21.5. The van der Waals surface area contributed by atoms with E-state index in [1.165, 1.54) is 5.56 Å². The van der Waals surface area contributed by atoms with Gasteiger partial charge in [0.05, 0.1) is 7.11 Å². The maximum atomic E-state index is 11.1. The van der Waals surface area contributed by atoms with Crippen LogP contribution in [0.25, 0.3) is 0 Å². The molecule has 2 aromatic rings. The van der Waals surface area contributed by atoms with Gasteiger partial charge < -0.3 is 25.0 Å². The van der Waals surface area contributed by atoms with Gasteiger partial charge in [-0.05, 0) is 66.7 Å². The number of hydrogen-bond donors (Lipinski definition) is 2. The largest absolute Gasteiger partial charge is 0.497 e. The van der Waals surface area contributed by atoms with Crippen molar-refractivity contribution in [2.24, 2.45) is 0 Å². The monoisotopic (exact) mass is 407 g/mol. The third-order valence-electron chi connectivity index (χ3n) is 5.54. The van der Waals surface area contributed by atoms with Crippen LogP contribution in [0.15, 0.2) is 48.9 Å². The lowest BCUT2D eigenvalue weighted by Gasteiger charge is -2.34. The molecule has 1 heterocycles. The normalized spacial score (nSPS) is 15.9. The average molecular weight is 407 g/mol. The van der Waals surface area contributed by atoms with Crippen molar-refractivity contribution in [2.45, 2.75) is 31.9 Å². The number of rotatable bonds is 8. The Balaban J connectivity index is 1.84. The highest BCUT2D eigenvalue weighted by Gasteiger charge is 2.24. The summed E-state index contributed by atoms with van der Waals surface area (Å²) >= 11 is 0. The number of aryl methyl sites for hydroxylation is 1. The Bertz CT molecular complexity index is 886. The van der Waals surface area contributed by atoms with Gasteiger partial charge in [0, 0.05) is 31.0 Å². The predicted molar refractivity (Wildman–Crippen MR) is 124 cm³/mol. The number of ether oxygens (including phenoxy) is 2. The topological polar surface area (TPSA) is 62.8 Å². The molecule has 1 unspecified atom stereocenters. The summed E-state index contributed by atoms with van der Waals surface area (Å²) in [6.07, 6.45) is 3.56. The summed E-state index contributed by atoms with van der Waals surface area (Å²) in [7, 11) is 5.62. The van der Waals surface area contributed by atoms with Crippen LogP contribution >= 0.6 is 0 Å². The van der Waals surface area contributed by atoms with E-state index in [0.29, 0.717) is 19.0 Å². The summed E-state index contributed by atoms with van der Waals surface area (Å²) in [4.78, 5) is 13.2. The van der Waals surface area contributed by atoms with Gasteiger partial charge in [0.15, 0.2) is 5.88 Å². The van der Waals surface area contributed by atoms with Crippen molar-refractivity contribution in [3.05, 3.63) is 60.0 Å². The van der Waals surface area contributed by atoms with Gasteiger partial charge in [-0.1, -0.05) is 12.1 Å². The minimum Gasteiger partial charge on any atom is -0.497 e. The van der Waals surface area contributed by atoms with Gasteiger partial charge in [-0.3, -0.25) is 4.79 Å². The third-order valence-corrected chi connectivity index (χ3v) is 5.54. The van der Waals surface area contributed by atoms with Crippen molar-refractivity contribution >= 4 is 31.1 Å². The number of methoxy groups -OCH3 is 1. The zero-order valence-corrected chi connectivity index (χ0v) is 18.0. The second-order valence-electron chi connectivity index (χ2n) is 7.56. The van der Waals surface area contributed by atoms with Crippen LogP contribution in [0.4, 0.5) is 11.4 Å². The van der Waals surface area contributed by atoms with E-state index < -0.39 is 0 Å². The van der Waals surface area contributed by atoms with Crippen LogP contribution in [0, 0.1) is 0 Å². The molecule has 3 rings (SSSR count). The summed E-state index contributed by atoms with van der Waals surface area (Å²) in [5, 5.41) is 6.05. The van der Waals surface area contributed by atoms with Crippen molar-refractivity contribution in [3.8, 4) is 5.75 Å². The van der Waals surface area contributed by atoms with Crippen molar-refractivity contribution in [2.75, 3.05) is 30.9 Å². The van der Waals surface area contributed by atoms with Gasteiger partial charge in [-0.2, -0.15) is 0 Å². The maximum Gasteiger partial charge on any atom is 0.207 e. The molecular formula is C23H30BN3O3. The maximum absolute atomic E-state index is 11.1. The molecule has 0 saturated carbocycles. The Hall–Kier alpha value is -3.09. The van der Waals surface area contributed by atoms with Crippen LogP contribution in [0.1, 0.15) is 24.0 Å². The summed E-state index contributed by atoms with van der Waals surface area (Å²) in [5.41, 5.74) is 5.43. The van der Waals surface area contributed by atoms with Crippen LogP contribution in [0.3, 0.4) is 0 Å². The molecule has 158 valence electrons. The first-order valence-corrected chi connectivity index (χ1v) is 10.3. The van der Waals surface area contributed by atoms with E-state index in [0.717, 1.165) is 53.8 Å². The molecule has 1 aliphatic heterocycles. The fourth-order valence-electron chi connectivity index (χ4n) is 3.82. The van der Waals surface area contributed by atoms with E-state index in [9.17, 15) is 4.79 Å². The van der Waals surface area contributed by atoms with E-state index in [4.69, 9.17) is 9.47 Å². The number of fused-ring (bicyclic) bond motifs is 1. The highest BCUT2D eigenvalue weighted by Crippen LogP contribution is 2.31. The molecule has 1 amide bonds. The third kappa shape index (κ3) is 5.09. The molecule has 0 spiro atoms. The minimum atomic E-state index is 0.0355. The van der Waals surface area contributed by atoms with E-state index in [-0.39, 0.29) is 6.04 Å². The molecule has 0 saturated heterocycles. The van der Waals surface area contributed by atoms with E-state index in [2.05, 4.69) is 34.2 Å². The minimum absolute atomic E-state index is 0.0355. The van der Waals surface area contributed by atoms with Crippen LogP contribution in [-0.4, -0.2) is 41.0 Å². The highest BCUT2D eigenvalue weighted by molar-refractivity contribution is 6.34. The molecule has 7 heteroatoms. The quantitative estimate of drug-likeness (QED) is 0.398. The lowest BCUT2D eigenvalue weighted by Crippen LogP contribution is -2.42. The smallest absolute Gasteiger partial charge is 0.207 e. The first-order chi connectivity index (χ1) is 14.5. The van der Waals surface area contributed by atoms with E-state index in [1.54, 1.807) is 7.11 Å². The molecule has 2 aromatic carbocycles. The molecule has 0 aromatic heterocycles. The average Bonchev–Trinajstić information content (AvgIpc) is 2.75.